The predicted molar refractivity (Wildman–Crippen MR) is 110 cm³/mol. The van der Waals surface area contributed by atoms with Crippen LogP contribution >= 0.6 is 11.8 Å². The summed E-state index contributed by atoms with van der Waals surface area (Å²) in [5.41, 5.74) is 1.15. The topological polar surface area (TPSA) is 85.8 Å². The van der Waals surface area contributed by atoms with E-state index < -0.39 is 0 Å². The van der Waals surface area contributed by atoms with E-state index in [2.05, 4.69) is 46.7 Å². The Labute approximate surface area is 163 Å². The van der Waals surface area contributed by atoms with Gasteiger partial charge in [0.15, 0.2) is 5.82 Å². The largest absolute Gasteiger partial charge is 0.353 e. The van der Waals surface area contributed by atoms with Crippen molar-refractivity contribution in [3.05, 3.63) is 53.9 Å². The second-order valence-corrected chi connectivity index (χ2v) is 7.57. The van der Waals surface area contributed by atoms with Gasteiger partial charge in [-0.25, -0.2) is 4.68 Å². The number of carbonyl (C=O) groups excluding carboxylic acids is 1. The molecule has 6 nitrogen and oxygen atoms in total. The Balaban J connectivity index is 1.66. The van der Waals surface area contributed by atoms with Gasteiger partial charge in [-0.1, -0.05) is 67.6 Å². The number of hydrogen-bond donors (Lipinski definition) is 2. The second kappa shape index (κ2) is 8.90. The Bertz CT molecular complexity index is 918. The maximum Gasteiger partial charge on any atom is 0.230 e. The predicted octanol–water partition coefficient (Wildman–Crippen LogP) is 3.13. The minimum absolute atomic E-state index is 0.0143. The van der Waals surface area contributed by atoms with Gasteiger partial charge in [0, 0.05) is 12.5 Å². The van der Waals surface area contributed by atoms with Gasteiger partial charge in [-0.05, 0) is 29.7 Å². The van der Waals surface area contributed by atoms with Crippen LogP contribution in [0.4, 0.5) is 0 Å². The van der Waals surface area contributed by atoms with Crippen molar-refractivity contribution in [2.24, 2.45) is 0 Å². The van der Waals surface area contributed by atoms with Crippen molar-refractivity contribution < 1.29 is 4.79 Å². The van der Waals surface area contributed by atoms with Crippen LogP contribution in [0.3, 0.4) is 0 Å². The van der Waals surface area contributed by atoms with Gasteiger partial charge in [0.2, 0.25) is 11.1 Å². The molecule has 0 saturated heterocycles. The number of benzene rings is 2. The molecule has 0 spiro atoms. The molecular weight excluding hydrogens is 358 g/mol. The van der Waals surface area contributed by atoms with Crippen LogP contribution in [0.1, 0.15) is 38.1 Å². The average molecular weight is 384 g/mol. The van der Waals surface area contributed by atoms with Gasteiger partial charge >= 0.3 is 0 Å². The molecule has 1 amide bonds. The van der Waals surface area contributed by atoms with Crippen LogP contribution in [-0.2, 0) is 11.2 Å². The highest BCUT2D eigenvalue weighted by Crippen LogP contribution is 2.22. The highest BCUT2D eigenvalue weighted by molar-refractivity contribution is 7.99. The van der Waals surface area contributed by atoms with Gasteiger partial charge in [-0.3, -0.25) is 4.79 Å². The number of fused-ring (bicyclic) bond motifs is 1. The summed E-state index contributed by atoms with van der Waals surface area (Å²) in [5.74, 6) is 7.11. The molecule has 7 heteroatoms. The Morgan fingerprint density at radius 1 is 1.22 bits per heavy atom. The van der Waals surface area contributed by atoms with Crippen molar-refractivity contribution in [3.63, 3.8) is 0 Å². The lowest BCUT2D eigenvalue weighted by molar-refractivity contribution is -0.119. The third-order valence-electron chi connectivity index (χ3n) is 4.43. The van der Waals surface area contributed by atoms with Crippen LogP contribution in [0.5, 0.6) is 0 Å². The summed E-state index contributed by atoms with van der Waals surface area (Å²) < 4.78 is 1.48. The van der Waals surface area contributed by atoms with Crippen LogP contribution in [-0.4, -0.2) is 32.6 Å². The average Bonchev–Trinajstić information content (AvgIpc) is 3.00. The Kier molecular flexibility index (Phi) is 6.34. The van der Waals surface area contributed by atoms with Gasteiger partial charge in [-0.15, -0.1) is 10.2 Å². The molecule has 0 aliphatic heterocycles. The van der Waals surface area contributed by atoms with Crippen LogP contribution in [0.2, 0.25) is 0 Å². The molecule has 0 saturated carbocycles. The maximum atomic E-state index is 12.0. The van der Waals surface area contributed by atoms with Crippen molar-refractivity contribution >= 4 is 28.4 Å². The normalized spacial score (nSPS) is 12.2. The lowest BCUT2D eigenvalue weighted by atomic mass is 10.0. The summed E-state index contributed by atoms with van der Waals surface area (Å²) >= 11 is 1.30. The fraction of sp³-hybridized carbons (Fsp3) is 0.350. The molecule has 0 fully saturated rings. The molecule has 1 atom stereocenters. The number of nitrogens with zero attached hydrogens (tertiary/aromatic N) is 3. The molecule has 1 heterocycles. The van der Waals surface area contributed by atoms with Crippen molar-refractivity contribution in [1.29, 1.82) is 0 Å². The Hall–Kier alpha value is -2.54. The highest BCUT2D eigenvalue weighted by Gasteiger charge is 2.14. The van der Waals surface area contributed by atoms with E-state index in [4.69, 9.17) is 5.84 Å². The van der Waals surface area contributed by atoms with E-state index in [0.717, 1.165) is 18.4 Å². The standard InChI is InChI=1S/C20H25N5OS/c1-3-7-14(2)22-19(26)13-27-20-24-23-18(25(20)21)12-16-10-6-9-15-8-4-5-11-17(15)16/h4-6,8-11,14H,3,7,12-13,21H2,1-2H3,(H,22,26)/t14-/m1/s1. The molecule has 0 aliphatic rings. The molecule has 3 aromatic rings. The van der Waals surface area contributed by atoms with Crippen LogP contribution in [0, 0.1) is 0 Å². The SMILES string of the molecule is CCC[C@@H](C)NC(=O)CSc1nnc(Cc2cccc3ccccc23)n1N. The third-order valence-corrected chi connectivity index (χ3v) is 5.37. The number of thioether (sulfide) groups is 1. The molecule has 3 N–H and O–H groups in total. The fourth-order valence-electron chi connectivity index (χ4n) is 3.09. The van der Waals surface area contributed by atoms with Gasteiger partial charge in [-0.2, -0.15) is 0 Å². The third kappa shape index (κ3) is 4.80. The first-order valence-electron chi connectivity index (χ1n) is 9.16. The van der Waals surface area contributed by atoms with Crippen LogP contribution in [0.25, 0.3) is 10.8 Å². The number of nitrogens with one attached hydrogen (secondary N) is 1. The molecule has 142 valence electrons. The molecular formula is C20H25N5OS. The maximum absolute atomic E-state index is 12.0. The monoisotopic (exact) mass is 383 g/mol. The smallest absolute Gasteiger partial charge is 0.230 e. The molecule has 0 unspecified atom stereocenters. The highest BCUT2D eigenvalue weighted by atomic mass is 32.2. The Morgan fingerprint density at radius 2 is 2.00 bits per heavy atom. The number of carbonyl (C=O) groups is 1. The van der Waals surface area contributed by atoms with Gasteiger partial charge in [0.05, 0.1) is 5.75 Å². The molecule has 0 aliphatic carbocycles. The summed E-state index contributed by atoms with van der Waals surface area (Å²) in [7, 11) is 0. The first-order valence-corrected chi connectivity index (χ1v) is 10.1. The van der Waals surface area contributed by atoms with E-state index in [1.807, 2.05) is 25.1 Å². The number of hydrogen-bond acceptors (Lipinski definition) is 5. The molecule has 0 bridgehead atoms. The zero-order valence-corrected chi connectivity index (χ0v) is 16.5. The summed E-state index contributed by atoms with van der Waals surface area (Å²) in [5, 5.41) is 14.3. The van der Waals surface area contributed by atoms with Gasteiger partial charge in [0.1, 0.15) is 0 Å². The molecule has 3 rings (SSSR count). The van der Waals surface area contributed by atoms with Crippen molar-refractivity contribution in [2.45, 2.75) is 44.3 Å². The summed E-state index contributed by atoms with van der Waals surface area (Å²) in [6.45, 7) is 4.12. The van der Waals surface area contributed by atoms with E-state index in [9.17, 15) is 4.79 Å². The van der Waals surface area contributed by atoms with Gasteiger partial charge < -0.3 is 11.2 Å². The number of nitrogen functional groups attached to an aromatic ring is 1. The fourth-order valence-corrected chi connectivity index (χ4v) is 3.78. The zero-order chi connectivity index (χ0) is 19.2. The van der Waals surface area contributed by atoms with E-state index in [1.54, 1.807) is 0 Å². The van der Waals surface area contributed by atoms with Crippen molar-refractivity contribution in [3.8, 4) is 0 Å². The molecule has 1 aromatic heterocycles. The summed E-state index contributed by atoms with van der Waals surface area (Å²) in [6.07, 6.45) is 2.60. The minimum atomic E-state index is -0.0143. The van der Waals surface area contributed by atoms with E-state index in [1.165, 1.54) is 27.2 Å². The first kappa shape index (κ1) is 19.2. The second-order valence-electron chi connectivity index (χ2n) is 6.63. The minimum Gasteiger partial charge on any atom is -0.353 e. The number of aromatic nitrogens is 3. The van der Waals surface area contributed by atoms with Crippen molar-refractivity contribution in [2.75, 3.05) is 11.6 Å². The number of nitrogens with two attached hydrogens (primary N) is 1. The van der Waals surface area contributed by atoms with Gasteiger partial charge in [0.25, 0.3) is 0 Å². The molecule has 2 aromatic carbocycles. The van der Waals surface area contributed by atoms with Crippen LogP contribution in [0.15, 0.2) is 47.6 Å². The number of amides is 1. The van der Waals surface area contributed by atoms with E-state index in [-0.39, 0.29) is 17.7 Å². The number of rotatable bonds is 8. The summed E-state index contributed by atoms with van der Waals surface area (Å²) in [4.78, 5) is 12.0. The van der Waals surface area contributed by atoms with Crippen molar-refractivity contribution in [1.82, 2.24) is 20.2 Å². The zero-order valence-electron chi connectivity index (χ0n) is 15.7. The summed E-state index contributed by atoms with van der Waals surface area (Å²) in [6, 6.07) is 14.6. The first-order chi connectivity index (χ1) is 13.1. The molecule has 27 heavy (non-hydrogen) atoms. The quantitative estimate of drug-likeness (QED) is 0.461. The van der Waals surface area contributed by atoms with Crippen LogP contribution < -0.4 is 11.2 Å². The lowest BCUT2D eigenvalue weighted by Crippen LogP contribution is -2.33. The van der Waals surface area contributed by atoms with E-state index >= 15 is 0 Å². The molecule has 0 radical (unpaired) electrons. The van der Waals surface area contributed by atoms with E-state index in [0.29, 0.717) is 17.4 Å². The lowest BCUT2D eigenvalue weighted by Gasteiger charge is -2.12. The Morgan fingerprint density at radius 3 is 2.81 bits per heavy atom.